The van der Waals surface area contributed by atoms with E-state index in [2.05, 4.69) is 5.32 Å². The first-order valence-electron chi connectivity index (χ1n) is 9.02. The Hall–Kier alpha value is -1.76. The van der Waals surface area contributed by atoms with Crippen molar-refractivity contribution < 1.29 is 17.9 Å². The maximum absolute atomic E-state index is 12.6. The van der Waals surface area contributed by atoms with Crippen LogP contribution >= 0.6 is 0 Å². The summed E-state index contributed by atoms with van der Waals surface area (Å²) in [5.74, 6) is 0.753. The van der Waals surface area contributed by atoms with Crippen LogP contribution in [0.25, 0.3) is 0 Å². The van der Waals surface area contributed by atoms with Crippen LogP contribution < -0.4 is 10.1 Å². The van der Waals surface area contributed by atoms with Gasteiger partial charge in [-0.15, -0.1) is 0 Å². The molecule has 0 radical (unpaired) electrons. The Balaban J connectivity index is 1.50. The monoisotopic (exact) mass is 366 g/mol. The van der Waals surface area contributed by atoms with Crippen LogP contribution in [0, 0.1) is 0 Å². The maximum atomic E-state index is 12.6. The summed E-state index contributed by atoms with van der Waals surface area (Å²) in [5, 5.41) is 2.19. The number of hydrogen-bond acceptors (Lipinski definition) is 4. The van der Waals surface area contributed by atoms with Gasteiger partial charge in [-0.05, 0) is 44.0 Å². The molecule has 1 aliphatic carbocycles. The third-order valence-corrected chi connectivity index (χ3v) is 7.66. The minimum absolute atomic E-state index is 0.206. The number of rotatable bonds is 5. The number of ether oxygens (including phenoxy) is 1. The van der Waals surface area contributed by atoms with E-state index < -0.39 is 15.1 Å². The lowest BCUT2D eigenvalue weighted by Gasteiger charge is -2.40. The fourth-order valence-corrected chi connectivity index (χ4v) is 5.79. The number of amides is 2. The number of sulfone groups is 1. The highest BCUT2D eigenvalue weighted by Crippen LogP contribution is 2.30. The molecule has 2 fully saturated rings. The molecule has 0 bridgehead atoms. The summed E-state index contributed by atoms with van der Waals surface area (Å²) in [7, 11) is -3.11. The smallest absolute Gasteiger partial charge is 0.321 e. The normalized spacial score (nSPS) is 19.3. The molecule has 3 rings (SSSR count). The lowest BCUT2D eigenvalue weighted by molar-refractivity contribution is 0.182. The highest BCUT2D eigenvalue weighted by atomic mass is 32.2. The van der Waals surface area contributed by atoms with Crippen molar-refractivity contribution in [1.82, 2.24) is 4.90 Å². The summed E-state index contributed by atoms with van der Waals surface area (Å²) in [6, 6.07) is 6.90. The fraction of sp³-hybridized carbons (Fsp3) is 0.611. The Bertz CT molecular complexity index is 690. The number of carbonyl (C=O) groups excluding carboxylic acids is 1. The molecule has 0 atom stereocenters. The van der Waals surface area contributed by atoms with Crippen LogP contribution in [0.2, 0.25) is 0 Å². The zero-order valence-electron chi connectivity index (χ0n) is 14.6. The largest absolute Gasteiger partial charge is 0.494 e. The van der Waals surface area contributed by atoms with Crippen molar-refractivity contribution in [3.05, 3.63) is 24.3 Å². The highest BCUT2D eigenvalue weighted by Gasteiger charge is 2.43. The summed E-state index contributed by atoms with van der Waals surface area (Å²) in [6.45, 7) is 3.09. The van der Waals surface area contributed by atoms with Gasteiger partial charge in [0.05, 0.1) is 17.1 Å². The number of carbonyl (C=O) groups is 1. The molecule has 2 aliphatic rings. The van der Waals surface area contributed by atoms with Gasteiger partial charge in [0.1, 0.15) is 5.75 Å². The molecule has 7 heteroatoms. The van der Waals surface area contributed by atoms with Crippen LogP contribution in [-0.2, 0) is 9.84 Å². The van der Waals surface area contributed by atoms with Crippen molar-refractivity contribution in [2.75, 3.05) is 25.0 Å². The summed E-state index contributed by atoms with van der Waals surface area (Å²) in [4.78, 5) is 13.8. The van der Waals surface area contributed by atoms with Crippen molar-refractivity contribution in [2.24, 2.45) is 0 Å². The predicted molar refractivity (Wildman–Crippen MR) is 97.8 cm³/mol. The minimum atomic E-state index is -3.11. The summed E-state index contributed by atoms with van der Waals surface area (Å²) in [6.07, 6.45) is 4.68. The molecule has 1 aliphatic heterocycles. The lowest BCUT2D eigenvalue weighted by Crippen LogP contribution is -2.59. The molecule has 0 spiro atoms. The Morgan fingerprint density at radius 3 is 2.36 bits per heavy atom. The molecule has 138 valence electrons. The van der Waals surface area contributed by atoms with Crippen molar-refractivity contribution in [3.8, 4) is 5.75 Å². The van der Waals surface area contributed by atoms with Gasteiger partial charge < -0.3 is 15.0 Å². The van der Waals surface area contributed by atoms with Crippen molar-refractivity contribution >= 4 is 21.6 Å². The molecule has 2 amide bonds. The van der Waals surface area contributed by atoms with Gasteiger partial charge in [0.2, 0.25) is 0 Å². The molecular weight excluding hydrogens is 340 g/mol. The van der Waals surface area contributed by atoms with E-state index in [-0.39, 0.29) is 11.3 Å². The van der Waals surface area contributed by atoms with Crippen LogP contribution in [0.3, 0.4) is 0 Å². The zero-order chi connectivity index (χ0) is 17.9. The second kappa shape index (κ2) is 7.64. The Morgan fingerprint density at radius 1 is 1.12 bits per heavy atom. The van der Waals surface area contributed by atoms with Crippen molar-refractivity contribution in [1.29, 1.82) is 0 Å². The van der Waals surface area contributed by atoms with E-state index in [1.807, 2.05) is 6.92 Å². The number of benzene rings is 1. The molecule has 6 nitrogen and oxygen atoms in total. The van der Waals surface area contributed by atoms with E-state index in [0.29, 0.717) is 25.4 Å². The third-order valence-electron chi connectivity index (χ3n) is 5.03. The Morgan fingerprint density at radius 2 is 1.76 bits per heavy atom. The van der Waals surface area contributed by atoms with E-state index >= 15 is 0 Å². The van der Waals surface area contributed by atoms with Crippen LogP contribution in [0.5, 0.6) is 5.75 Å². The molecule has 1 saturated carbocycles. The van der Waals surface area contributed by atoms with Gasteiger partial charge >= 0.3 is 6.03 Å². The molecule has 25 heavy (non-hydrogen) atoms. The average Bonchev–Trinajstić information content (AvgIpc) is 2.56. The molecule has 1 N–H and O–H groups in total. The van der Waals surface area contributed by atoms with E-state index in [0.717, 1.165) is 37.9 Å². The van der Waals surface area contributed by atoms with Crippen LogP contribution in [0.1, 0.15) is 39.0 Å². The number of hydrogen-bond donors (Lipinski definition) is 1. The van der Waals surface area contributed by atoms with E-state index in [1.165, 1.54) is 0 Å². The van der Waals surface area contributed by atoms with Crippen LogP contribution in [-0.4, -0.2) is 49.5 Å². The van der Waals surface area contributed by atoms with Gasteiger partial charge in [-0.25, -0.2) is 13.2 Å². The number of anilines is 1. The van der Waals surface area contributed by atoms with Gasteiger partial charge in [-0.2, -0.15) is 0 Å². The van der Waals surface area contributed by atoms with Crippen LogP contribution in [0.4, 0.5) is 10.5 Å². The number of nitrogens with zero attached hydrogens (tertiary/aromatic N) is 1. The average molecular weight is 366 g/mol. The first kappa shape index (κ1) is 18.0. The standard InChI is InChI=1S/C18H26N2O4S/c1-2-24-15-10-8-14(9-11-15)19-18(21)20-12-17(13-20)25(22,23)16-6-4-3-5-7-16/h8-11,16-17H,2-7,12-13H2,1H3,(H,19,21). The summed E-state index contributed by atoms with van der Waals surface area (Å²) >= 11 is 0. The molecule has 1 saturated heterocycles. The number of nitrogens with one attached hydrogen (secondary N) is 1. The minimum Gasteiger partial charge on any atom is -0.494 e. The second-order valence-corrected chi connectivity index (χ2v) is 9.27. The summed E-state index contributed by atoms with van der Waals surface area (Å²) < 4.78 is 30.6. The van der Waals surface area contributed by atoms with Gasteiger partial charge in [0, 0.05) is 18.8 Å². The maximum Gasteiger partial charge on any atom is 0.321 e. The van der Waals surface area contributed by atoms with Gasteiger partial charge in [-0.1, -0.05) is 19.3 Å². The Labute approximate surface area is 149 Å². The van der Waals surface area contributed by atoms with E-state index in [4.69, 9.17) is 4.74 Å². The molecule has 0 unspecified atom stereocenters. The number of urea groups is 1. The van der Waals surface area contributed by atoms with Gasteiger partial charge in [0.15, 0.2) is 9.84 Å². The van der Waals surface area contributed by atoms with Gasteiger partial charge in [0.25, 0.3) is 0 Å². The fourth-order valence-electron chi connectivity index (χ4n) is 3.48. The van der Waals surface area contributed by atoms with Crippen molar-refractivity contribution in [3.63, 3.8) is 0 Å². The first-order chi connectivity index (χ1) is 12.0. The molecule has 1 heterocycles. The van der Waals surface area contributed by atoms with Gasteiger partial charge in [-0.3, -0.25) is 0 Å². The molecule has 1 aromatic rings. The predicted octanol–water partition coefficient (Wildman–Crippen LogP) is 3.05. The quantitative estimate of drug-likeness (QED) is 0.869. The van der Waals surface area contributed by atoms with E-state index in [9.17, 15) is 13.2 Å². The zero-order valence-corrected chi connectivity index (χ0v) is 15.4. The highest BCUT2D eigenvalue weighted by molar-refractivity contribution is 7.92. The molecule has 0 aromatic heterocycles. The second-order valence-electron chi connectivity index (χ2n) is 6.76. The number of likely N-dealkylation sites (tertiary alicyclic amines) is 1. The third kappa shape index (κ3) is 4.08. The first-order valence-corrected chi connectivity index (χ1v) is 10.6. The Kier molecular flexibility index (Phi) is 5.51. The topological polar surface area (TPSA) is 75.7 Å². The lowest BCUT2D eigenvalue weighted by atomic mass is 10.0. The summed E-state index contributed by atoms with van der Waals surface area (Å²) in [5.41, 5.74) is 0.673. The SMILES string of the molecule is CCOc1ccc(NC(=O)N2CC(S(=O)(=O)C3CCCCC3)C2)cc1. The molecule has 1 aromatic carbocycles. The van der Waals surface area contributed by atoms with Crippen molar-refractivity contribution in [2.45, 2.75) is 49.5 Å². The molecular formula is C18H26N2O4S. The van der Waals surface area contributed by atoms with Crippen LogP contribution in [0.15, 0.2) is 24.3 Å². The van der Waals surface area contributed by atoms with E-state index in [1.54, 1.807) is 29.2 Å².